The van der Waals surface area contributed by atoms with E-state index in [4.69, 9.17) is 9.15 Å². The van der Waals surface area contributed by atoms with Crippen molar-refractivity contribution in [3.63, 3.8) is 0 Å². The number of carbonyl (C=O) groups is 2. The highest BCUT2D eigenvalue weighted by atomic mass is 16.5. The van der Waals surface area contributed by atoms with Gasteiger partial charge in [-0.25, -0.2) is 4.79 Å². The quantitative estimate of drug-likeness (QED) is 0.899. The van der Waals surface area contributed by atoms with E-state index in [0.29, 0.717) is 24.2 Å². The van der Waals surface area contributed by atoms with E-state index in [1.807, 2.05) is 25.1 Å². The number of para-hydroxylation sites is 1. The zero-order valence-corrected chi connectivity index (χ0v) is 13.8. The topological polar surface area (TPSA) is 88.8 Å². The van der Waals surface area contributed by atoms with Gasteiger partial charge in [0.1, 0.15) is 5.58 Å². The Hall–Kier alpha value is -2.34. The van der Waals surface area contributed by atoms with Crippen LogP contribution in [0.25, 0.3) is 11.0 Å². The first-order valence-corrected chi connectivity index (χ1v) is 8.13. The van der Waals surface area contributed by atoms with E-state index in [9.17, 15) is 14.7 Å². The zero-order valence-electron chi connectivity index (χ0n) is 13.8. The van der Waals surface area contributed by atoms with Crippen LogP contribution in [0, 0.1) is 13.8 Å². The van der Waals surface area contributed by atoms with Gasteiger partial charge in [-0.05, 0) is 38.7 Å². The fourth-order valence-electron chi connectivity index (χ4n) is 3.15. The fraction of sp³-hybridized carbons (Fsp3) is 0.444. The maximum Gasteiger partial charge on any atom is 0.328 e. The van der Waals surface area contributed by atoms with Crippen LogP contribution >= 0.6 is 0 Å². The summed E-state index contributed by atoms with van der Waals surface area (Å²) >= 11 is 0. The average Bonchev–Trinajstić information content (AvgIpc) is 2.92. The third-order valence-corrected chi connectivity index (χ3v) is 4.51. The smallest absolute Gasteiger partial charge is 0.328 e. The molecule has 2 heterocycles. The molecule has 3 rings (SSSR count). The van der Waals surface area contributed by atoms with Gasteiger partial charge in [-0.1, -0.05) is 18.2 Å². The lowest BCUT2D eigenvalue weighted by Gasteiger charge is -2.28. The van der Waals surface area contributed by atoms with Gasteiger partial charge >= 0.3 is 5.97 Å². The summed E-state index contributed by atoms with van der Waals surface area (Å²) in [7, 11) is 0. The molecule has 0 saturated carbocycles. The lowest BCUT2D eigenvalue weighted by molar-refractivity contribution is -0.144. The molecule has 1 amide bonds. The van der Waals surface area contributed by atoms with Crippen LogP contribution in [-0.2, 0) is 9.53 Å². The average molecular weight is 331 g/mol. The van der Waals surface area contributed by atoms with Gasteiger partial charge in [0.15, 0.2) is 11.8 Å². The highest BCUT2D eigenvalue weighted by molar-refractivity contribution is 6.01. The molecule has 1 fully saturated rings. The minimum Gasteiger partial charge on any atom is -0.480 e. The van der Waals surface area contributed by atoms with Crippen LogP contribution in [0.2, 0.25) is 0 Å². The Balaban J connectivity index is 1.86. The molecule has 0 radical (unpaired) electrons. The molecular formula is C18H21NO5. The molecule has 0 spiro atoms. The number of amides is 1. The number of ether oxygens (including phenoxy) is 1. The van der Waals surface area contributed by atoms with Crippen LogP contribution < -0.4 is 5.32 Å². The Kier molecular flexibility index (Phi) is 4.57. The van der Waals surface area contributed by atoms with Gasteiger partial charge in [0.25, 0.3) is 5.91 Å². The number of carboxylic acid groups (broad SMARTS) is 1. The Labute approximate surface area is 139 Å². The zero-order chi connectivity index (χ0) is 17.3. The van der Waals surface area contributed by atoms with Crippen LogP contribution in [0.4, 0.5) is 0 Å². The molecule has 0 bridgehead atoms. The highest BCUT2D eigenvalue weighted by Gasteiger charge is 2.33. The SMILES string of the molecule is Cc1c(C(=O)NC(C(=O)O)C2CCCCO2)oc2c(C)cccc12. The molecule has 6 heteroatoms. The van der Waals surface area contributed by atoms with E-state index in [0.717, 1.165) is 23.8 Å². The standard InChI is InChI=1S/C18H21NO5/c1-10-6-5-7-12-11(2)16(24-15(10)12)17(20)19-14(18(21)22)13-8-3-4-9-23-13/h5-7,13-14H,3-4,8-9H2,1-2H3,(H,19,20)(H,21,22). The molecule has 2 N–H and O–H groups in total. The van der Waals surface area contributed by atoms with E-state index >= 15 is 0 Å². The molecule has 1 aromatic carbocycles. The van der Waals surface area contributed by atoms with Gasteiger partial charge in [0, 0.05) is 17.6 Å². The van der Waals surface area contributed by atoms with Crippen molar-refractivity contribution in [3.05, 3.63) is 35.1 Å². The van der Waals surface area contributed by atoms with Gasteiger partial charge in [-0.15, -0.1) is 0 Å². The highest BCUT2D eigenvalue weighted by Crippen LogP contribution is 2.28. The summed E-state index contributed by atoms with van der Waals surface area (Å²) in [6.45, 7) is 4.23. The number of fused-ring (bicyclic) bond motifs is 1. The van der Waals surface area contributed by atoms with Crippen molar-refractivity contribution in [1.29, 1.82) is 0 Å². The van der Waals surface area contributed by atoms with E-state index in [1.54, 1.807) is 6.92 Å². The van der Waals surface area contributed by atoms with Gasteiger partial charge in [-0.3, -0.25) is 4.79 Å². The Morgan fingerprint density at radius 3 is 2.71 bits per heavy atom. The van der Waals surface area contributed by atoms with Crippen LogP contribution in [0.1, 0.15) is 40.9 Å². The molecule has 128 valence electrons. The molecule has 2 aromatic rings. The maximum atomic E-state index is 12.6. The first-order valence-electron chi connectivity index (χ1n) is 8.13. The van der Waals surface area contributed by atoms with Gasteiger partial charge in [0.2, 0.25) is 0 Å². The Morgan fingerprint density at radius 1 is 1.29 bits per heavy atom. The van der Waals surface area contributed by atoms with Crippen LogP contribution in [0.3, 0.4) is 0 Å². The van der Waals surface area contributed by atoms with Crippen LogP contribution in [-0.4, -0.2) is 35.7 Å². The van der Waals surface area contributed by atoms with Gasteiger partial charge in [0.05, 0.1) is 6.10 Å². The van der Waals surface area contributed by atoms with Crippen LogP contribution in [0.15, 0.2) is 22.6 Å². The molecule has 1 aliphatic rings. The van der Waals surface area contributed by atoms with Gasteiger partial charge < -0.3 is 19.6 Å². The van der Waals surface area contributed by atoms with Crippen molar-refractivity contribution in [3.8, 4) is 0 Å². The molecule has 2 unspecified atom stereocenters. The minimum absolute atomic E-state index is 0.154. The number of aliphatic carboxylic acids is 1. The van der Waals surface area contributed by atoms with Crippen molar-refractivity contribution in [2.75, 3.05) is 6.61 Å². The summed E-state index contributed by atoms with van der Waals surface area (Å²) in [4.78, 5) is 24.1. The molecule has 6 nitrogen and oxygen atoms in total. The second-order valence-corrected chi connectivity index (χ2v) is 6.20. The number of hydrogen-bond acceptors (Lipinski definition) is 4. The molecule has 2 atom stereocenters. The van der Waals surface area contributed by atoms with E-state index in [1.165, 1.54) is 0 Å². The number of rotatable bonds is 4. The largest absolute Gasteiger partial charge is 0.480 e. The first-order chi connectivity index (χ1) is 11.5. The number of hydrogen-bond donors (Lipinski definition) is 2. The molecule has 24 heavy (non-hydrogen) atoms. The van der Waals surface area contributed by atoms with Crippen LogP contribution in [0.5, 0.6) is 0 Å². The molecule has 1 saturated heterocycles. The summed E-state index contributed by atoms with van der Waals surface area (Å²) in [5.74, 6) is -1.47. The number of carbonyl (C=O) groups excluding carboxylic acids is 1. The predicted octanol–water partition coefficient (Wildman–Crippen LogP) is 2.80. The molecule has 1 aromatic heterocycles. The number of nitrogens with one attached hydrogen (secondary N) is 1. The number of furan rings is 1. The van der Waals surface area contributed by atoms with E-state index in [-0.39, 0.29) is 5.76 Å². The summed E-state index contributed by atoms with van der Waals surface area (Å²) in [6, 6.07) is 4.61. The summed E-state index contributed by atoms with van der Waals surface area (Å²) in [5.41, 5.74) is 2.29. The maximum absolute atomic E-state index is 12.6. The Morgan fingerprint density at radius 2 is 2.08 bits per heavy atom. The normalized spacial score (nSPS) is 19.2. The number of aryl methyl sites for hydroxylation is 2. The third kappa shape index (κ3) is 3.01. The fourth-order valence-corrected chi connectivity index (χ4v) is 3.15. The summed E-state index contributed by atoms with van der Waals surface area (Å²) in [6.07, 6.45) is 1.92. The second kappa shape index (κ2) is 6.65. The number of carboxylic acids is 1. The predicted molar refractivity (Wildman–Crippen MR) is 88.2 cm³/mol. The van der Waals surface area contributed by atoms with Crippen molar-refractivity contribution in [2.24, 2.45) is 0 Å². The molecule has 1 aliphatic heterocycles. The summed E-state index contributed by atoms with van der Waals surface area (Å²) < 4.78 is 11.2. The lowest BCUT2D eigenvalue weighted by atomic mass is 10.0. The van der Waals surface area contributed by atoms with Crippen molar-refractivity contribution >= 4 is 22.8 Å². The third-order valence-electron chi connectivity index (χ3n) is 4.51. The Bertz CT molecular complexity index is 773. The monoisotopic (exact) mass is 331 g/mol. The van der Waals surface area contributed by atoms with Crippen molar-refractivity contribution in [2.45, 2.75) is 45.3 Å². The second-order valence-electron chi connectivity index (χ2n) is 6.20. The van der Waals surface area contributed by atoms with E-state index < -0.39 is 24.0 Å². The summed E-state index contributed by atoms with van der Waals surface area (Å²) in [5, 5.41) is 12.9. The lowest BCUT2D eigenvalue weighted by Crippen LogP contribution is -2.50. The number of benzene rings is 1. The van der Waals surface area contributed by atoms with Crippen molar-refractivity contribution in [1.82, 2.24) is 5.32 Å². The van der Waals surface area contributed by atoms with E-state index in [2.05, 4.69) is 5.32 Å². The van der Waals surface area contributed by atoms with Crippen molar-refractivity contribution < 1.29 is 23.8 Å². The minimum atomic E-state index is -1.10. The molecule has 0 aliphatic carbocycles. The van der Waals surface area contributed by atoms with Gasteiger partial charge in [-0.2, -0.15) is 0 Å². The molecular weight excluding hydrogens is 310 g/mol. The first kappa shape index (κ1) is 16.5.